The minimum absolute atomic E-state index is 0.0571. The van der Waals surface area contributed by atoms with Crippen LogP contribution in [0.2, 0.25) is 5.02 Å². The van der Waals surface area contributed by atoms with Crippen molar-refractivity contribution in [3.05, 3.63) is 69.2 Å². The van der Waals surface area contributed by atoms with Gasteiger partial charge in [-0.05, 0) is 18.2 Å². The summed E-state index contributed by atoms with van der Waals surface area (Å²) in [7, 11) is 1.38. The molecule has 0 radical (unpaired) electrons. The fraction of sp³-hybridized carbons (Fsp3) is 0.211. The molecule has 0 saturated heterocycles. The Morgan fingerprint density at radius 1 is 1.23 bits per heavy atom. The van der Waals surface area contributed by atoms with Crippen molar-refractivity contribution in [1.82, 2.24) is 19.5 Å². The highest BCUT2D eigenvalue weighted by Gasteiger charge is 2.33. The highest BCUT2D eigenvalue weighted by atomic mass is 35.5. The fourth-order valence-electron chi connectivity index (χ4n) is 2.59. The number of methoxy groups -OCH3 is 1. The van der Waals surface area contributed by atoms with Crippen molar-refractivity contribution in [2.75, 3.05) is 7.11 Å². The molecule has 2 heterocycles. The van der Waals surface area contributed by atoms with Crippen LogP contribution in [0, 0.1) is 11.3 Å². The van der Waals surface area contributed by atoms with Gasteiger partial charge in [0.25, 0.3) is 11.5 Å². The second-order valence-corrected chi connectivity index (χ2v) is 6.58. The molecule has 0 N–H and O–H groups in total. The first-order chi connectivity index (χ1) is 14.2. The van der Waals surface area contributed by atoms with Gasteiger partial charge in [-0.1, -0.05) is 11.6 Å². The molecule has 0 amide bonds. The van der Waals surface area contributed by atoms with Gasteiger partial charge in [0.2, 0.25) is 11.6 Å². The topological polar surface area (TPSA) is 103 Å². The molecule has 0 bridgehead atoms. The highest BCUT2D eigenvalue weighted by molar-refractivity contribution is 6.30. The molecule has 2 aromatic heterocycles. The van der Waals surface area contributed by atoms with E-state index in [4.69, 9.17) is 26.3 Å². The number of alkyl halides is 2. The molecule has 0 fully saturated rings. The number of aromatic nitrogens is 4. The van der Waals surface area contributed by atoms with Crippen molar-refractivity contribution in [2.24, 2.45) is 0 Å². The second-order valence-electron chi connectivity index (χ2n) is 6.15. The normalized spacial score (nSPS) is 11.1. The Hall–Kier alpha value is -3.58. The molecular weight excluding hydrogens is 420 g/mol. The maximum absolute atomic E-state index is 14.1. The van der Waals surface area contributed by atoms with Crippen molar-refractivity contribution in [2.45, 2.75) is 19.4 Å². The van der Waals surface area contributed by atoms with Gasteiger partial charge in [-0.3, -0.25) is 14.3 Å². The van der Waals surface area contributed by atoms with E-state index in [9.17, 15) is 13.6 Å². The molecule has 3 aromatic rings. The number of nitrogens with zero attached hydrogens (tertiary/aromatic N) is 5. The van der Waals surface area contributed by atoms with Crippen molar-refractivity contribution < 1.29 is 18.3 Å². The van der Waals surface area contributed by atoms with Gasteiger partial charge in [0.15, 0.2) is 5.69 Å². The van der Waals surface area contributed by atoms with Crippen LogP contribution in [0.25, 0.3) is 0 Å². The van der Waals surface area contributed by atoms with E-state index in [1.807, 2.05) is 6.07 Å². The molecule has 0 aliphatic carbocycles. The first kappa shape index (κ1) is 21.1. The third-order valence-corrected chi connectivity index (χ3v) is 4.10. The van der Waals surface area contributed by atoms with Crippen molar-refractivity contribution in [1.29, 1.82) is 5.26 Å². The van der Waals surface area contributed by atoms with E-state index in [1.165, 1.54) is 37.7 Å². The summed E-state index contributed by atoms with van der Waals surface area (Å²) in [6.45, 7) is 0.449. The van der Waals surface area contributed by atoms with Gasteiger partial charge in [0.1, 0.15) is 11.4 Å². The van der Waals surface area contributed by atoms with Crippen LogP contribution in [0.4, 0.5) is 8.78 Å². The standard InChI is InChI=1S/C19H14ClF2N5O3/c1-19(21,22)16-15(30-13-6-11(8-23)5-12(20)7-13)18(28)27(10-26-16)9-14-17(29-2)25-4-3-24-14/h3-7,10H,9H2,1-2H3. The van der Waals surface area contributed by atoms with Crippen LogP contribution < -0.4 is 15.0 Å². The van der Waals surface area contributed by atoms with Crippen molar-refractivity contribution in [3.8, 4) is 23.4 Å². The Balaban J connectivity index is 2.10. The zero-order valence-electron chi connectivity index (χ0n) is 15.8. The number of rotatable bonds is 6. The third kappa shape index (κ3) is 4.52. The zero-order chi connectivity index (χ0) is 21.9. The molecular formula is C19H14ClF2N5O3. The molecule has 3 rings (SSSR count). The number of ether oxygens (including phenoxy) is 2. The Bertz CT molecular complexity index is 1190. The van der Waals surface area contributed by atoms with E-state index in [0.29, 0.717) is 12.6 Å². The average molecular weight is 434 g/mol. The van der Waals surface area contributed by atoms with Gasteiger partial charge in [0, 0.05) is 24.3 Å². The van der Waals surface area contributed by atoms with Crippen LogP contribution in [0.3, 0.4) is 0 Å². The van der Waals surface area contributed by atoms with E-state index in [2.05, 4.69) is 15.0 Å². The van der Waals surface area contributed by atoms with Crippen LogP contribution in [0.15, 0.2) is 41.7 Å². The molecule has 8 nitrogen and oxygen atoms in total. The number of halogens is 3. The lowest BCUT2D eigenvalue weighted by atomic mass is 10.2. The molecule has 0 aliphatic heterocycles. The minimum Gasteiger partial charge on any atom is -0.480 e. The van der Waals surface area contributed by atoms with Crippen molar-refractivity contribution in [3.63, 3.8) is 0 Å². The summed E-state index contributed by atoms with van der Waals surface area (Å²) in [6, 6.07) is 5.80. The summed E-state index contributed by atoms with van der Waals surface area (Å²) in [6.07, 6.45) is 3.77. The molecule has 0 unspecified atom stereocenters. The quantitative estimate of drug-likeness (QED) is 0.585. The van der Waals surface area contributed by atoms with E-state index in [1.54, 1.807) is 0 Å². The van der Waals surface area contributed by atoms with Gasteiger partial charge < -0.3 is 9.47 Å². The number of hydrogen-bond acceptors (Lipinski definition) is 7. The Kier molecular flexibility index (Phi) is 5.94. The monoisotopic (exact) mass is 433 g/mol. The van der Waals surface area contributed by atoms with Crippen LogP contribution in [-0.2, 0) is 12.5 Å². The Morgan fingerprint density at radius 2 is 1.97 bits per heavy atom. The summed E-state index contributed by atoms with van der Waals surface area (Å²) in [5, 5.41) is 9.20. The smallest absolute Gasteiger partial charge is 0.297 e. The van der Waals surface area contributed by atoms with E-state index in [0.717, 1.165) is 10.9 Å². The molecule has 0 saturated carbocycles. The summed E-state index contributed by atoms with van der Waals surface area (Å²) in [5.74, 6) is -4.04. The Labute approximate surface area is 174 Å². The Morgan fingerprint density at radius 3 is 2.63 bits per heavy atom. The molecule has 154 valence electrons. The van der Waals surface area contributed by atoms with Gasteiger partial charge in [-0.2, -0.15) is 14.0 Å². The third-order valence-electron chi connectivity index (χ3n) is 3.88. The number of benzene rings is 1. The van der Waals surface area contributed by atoms with E-state index >= 15 is 0 Å². The lowest BCUT2D eigenvalue weighted by molar-refractivity contribution is 0.0101. The van der Waals surface area contributed by atoms with Gasteiger partial charge >= 0.3 is 0 Å². The highest BCUT2D eigenvalue weighted by Crippen LogP contribution is 2.33. The van der Waals surface area contributed by atoms with Crippen LogP contribution in [0.5, 0.6) is 17.4 Å². The molecule has 11 heteroatoms. The van der Waals surface area contributed by atoms with Gasteiger partial charge in [0.05, 0.1) is 31.6 Å². The maximum atomic E-state index is 14.1. The summed E-state index contributed by atoms with van der Waals surface area (Å²) in [4.78, 5) is 24.8. The first-order valence-corrected chi connectivity index (χ1v) is 8.81. The van der Waals surface area contributed by atoms with Gasteiger partial charge in [-0.15, -0.1) is 0 Å². The average Bonchev–Trinajstić information content (AvgIpc) is 2.70. The molecule has 1 aromatic carbocycles. The van der Waals surface area contributed by atoms with Crippen molar-refractivity contribution >= 4 is 11.6 Å². The fourth-order valence-corrected chi connectivity index (χ4v) is 2.81. The largest absolute Gasteiger partial charge is 0.480 e. The molecule has 0 aliphatic rings. The lowest BCUT2D eigenvalue weighted by Gasteiger charge is -2.17. The summed E-state index contributed by atoms with van der Waals surface area (Å²) >= 11 is 5.93. The van der Waals surface area contributed by atoms with Gasteiger partial charge in [-0.25, -0.2) is 9.97 Å². The van der Waals surface area contributed by atoms with Crippen LogP contribution >= 0.6 is 11.6 Å². The molecule has 0 atom stereocenters. The second kappa shape index (κ2) is 8.42. The first-order valence-electron chi connectivity index (χ1n) is 8.43. The SMILES string of the molecule is COc1nccnc1Cn1cnc(C(C)(F)F)c(Oc2cc(Cl)cc(C#N)c2)c1=O. The number of hydrogen-bond donors (Lipinski definition) is 0. The van der Waals surface area contributed by atoms with E-state index < -0.39 is 22.9 Å². The zero-order valence-corrected chi connectivity index (χ0v) is 16.5. The van der Waals surface area contributed by atoms with Crippen LogP contribution in [-0.4, -0.2) is 26.6 Å². The van der Waals surface area contributed by atoms with Crippen LogP contribution in [0.1, 0.15) is 23.9 Å². The minimum atomic E-state index is -3.46. The lowest BCUT2D eigenvalue weighted by Crippen LogP contribution is -2.27. The maximum Gasteiger partial charge on any atom is 0.297 e. The molecule has 30 heavy (non-hydrogen) atoms. The molecule has 0 spiro atoms. The predicted octanol–water partition coefficient (Wildman–Crippen LogP) is 3.52. The summed E-state index contributed by atoms with van der Waals surface area (Å²) < 4.78 is 39.8. The van der Waals surface area contributed by atoms with E-state index in [-0.39, 0.29) is 28.8 Å². The summed E-state index contributed by atoms with van der Waals surface area (Å²) in [5.41, 5.74) is -1.31. The predicted molar refractivity (Wildman–Crippen MR) is 102 cm³/mol. The number of nitriles is 1.